The first-order chi connectivity index (χ1) is 7.49. The van der Waals surface area contributed by atoms with Crippen LogP contribution in [0.2, 0.25) is 0 Å². The monoisotopic (exact) mass is 242 g/mol. The minimum absolute atomic E-state index is 0.128. The highest BCUT2D eigenvalue weighted by Crippen LogP contribution is 2.12. The predicted octanol–water partition coefficient (Wildman–Crippen LogP) is 1.44. The van der Waals surface area contributed by atoms with Crippen molar-refractivity contribution in [2.24, 2.45) is 0 Å². The molecule has 4 nitrogen and oxygen atoms in total. The van der Waals surface area contributed by atoms with E-state index in [0.717, 1.165) is 5.56 Å². The molecule has 16 heavy (non-hydrogen) atoms. The number of hydrogen-bond acceptors (Lipinski definition) is 3. The summed E-state index contributed by atoms with van der Waals surface area (Å²) >= 11 is 0. The molecular formula is C11H18N2O2S. The first-order valence-electron chi connectivity index (χ1n) is 5.31. The van der Waals surface area contributed by atoms with E-state index >= 15 is 0 Å². The van der Waals surface area contributed by atoms with Gasteiger partial charge in [0.2, 0.25) is 10.0 Å². The van der Waals surface area contributed by atoms with Crippen LogP contribution in [0, 0.1) is 0 Å². The van der Waals surface area contributed by atoms with Gasteiger partial charge < -0.3 is 5.73 Å². The van der Waals surface area contributed by atoms with Crippen molar-refractivity contribution >= 4 is 15.7 Å². The minimum Gasteiger partial charge on any atom is -0.399 e. The molecule has 0 spiro atoms. The summed E-state index contributed by atoms with van der Waals surface area (Å²) in [6.45, 7) is 4.35. The van der Waals surface area contributed by atoms with Crippen LogP contribution in [0.3, 0.4) is 0 Å². The van der Waals surface area contributed by atoms with Crippen molar-refractivity contribution in [1.82, 2.24) is 4.31 Å². The van der Waals surface area contributed by atoms with Gasteiger partial charge in [0.15, 0.2) is 0 Å². The minimum atomic E-state index is -3.13. The predicted molar refractivity (Wildman–Crippen MR) is 66.4 cm³/mol. The van der Waals surface area contributed by atoms with Crippen LogP contribution in [0.15, 0.2) is 24.3 Å². The Kier molecular flexibility index (Phi) is 4.32. The normalized spacial score (nSPS) is 11.9. The zero-order chi connectivity index (χ0) is 12.2. The van der Waals surface area contributed by atoms with E-state index in [9.17, 15) is 8.42 Å². The Morgan fingerprint density at radius 1 is 1.31 bits per heavy atom. The summed E-state index contributed by atoms with van der Waals surface area (Å²) < 4.78 is 24.9. The van der Waals surface area contributed by atoms with Gasteiger partial charge in [-0.05, 0) is 24.6 Å². The van der Waals surface area contributed by atoms with E-state index < -0.39 is 10.0 Å². The van der Waals surface area contributed by atoms with Crippen LogP contribution in [0.5, 0.6) is 0 Å². The van der Waals surface area contributed by atoms with Gasteiger partial charge in [-0.25, -0.2) is 8.42 Å². The number of nitrogens with two attached hydrogens (primary N) is 1. The molecule has 0 saturated carbocycles. The molecule has 0 radical (unpaired) electrons. The van der Waals surface area contributed by atoms with Crippen LogP contribution in [0.1, 0.15) is 19.4 Å². The summed E-state index contributed by atoms with van der Waals surface area (Å²) in [6.07, 6.45) is 0. The Morgan fingerprint density at radius 2 is 2.00 bits per heavy atom. The zero-order valence-corrected chi connectivity index (χ0v) is 10.5. The topological polar surface area (TPSA) is 63.4 Å². The van der Waals surface area contributed by atoms with Crippen LogP contribution < -0.4 is 5.73 Å². The molecule has 90 valence electrons. The third-order valence-electron chi connectivity index (χ3n) is 2.42. The molecule has 1 aromatic carbocycles. The molecule has 0 aliphatic heterocycles. The molecular weight excluding hydrogens is 224 g/mol. The number of nitrogen functional groups attached to an aromatic ring is 1. The van der Waals surface area contributed by atoms with Gasteiger partial charge in [0.05, 0.1) is 5.75 Å². The Morgan fingerprint density at radius 3 is 2.50 bits per heavy atom. The van der Waals surface area contributed by atoms with Crippen molar-refractivity contribution in [3.63, 3.8) is 0 Å². The SMILES string of the molecule is CCN(Cc1cccc(N)c1)S(=O)(=O)CC. The second kappa shape index (κ2) is 5.32. The number of rotatable bonds is 5. The molecule has 0 atom stereocenters. The molecule has 0 saturated heterocycles. The Labute approximate surface area is 97.1 Å². The van der Waals surface area contributed by atoms with Crippen LogP contribution in [0.4, 0.5) is 5.69 Å². The Balaban J connectivity index is 2.87. The van der Waals surface area contributed by atoms with Gasteiger partial charge in [-0.1, -0.05) is 19.1 Å². The van der Waals surface area contributed by atoms with Crippen molar-refractivity contribution in [2.75, 3.05) is 18.0 Å². The summed E-state index contributed by atoms with van der Waals surface area (Å²) in [7, 11) is -3.13. The van der Waals surface area contributed by atoms with Gasteiger partial charge in [0, 0.05) is 18.8 Å². The first-order valence-corrected chi connectivity index (χ1v) is 6.92. The first kappa shape index (κ1) is 13.0. The van der Waals surface area contributed by atoms with Crippen LogP contribution in [-0.2, 0) is 16.6 Å². The lowest BCUT2D eigenvalue weighted by Gasteiger charge is -2.19. The fourth-order valence-corrected chi connectivity index (χ4v) is 2.59. The molecule has 0 heterocycles. The molecule has 1 rings (SSSR count). The van der Waals surface area contributed by atoms with E-state index in [4.69, 9.17) is 5.73 Å². The van der Waals surface area contributed by atoms with Crippen molar-refractivity contribution in [3.8, 4) is 0 Å². The summed E-state index contributed by atoms with van der Waals surface area (Å²) in [4.78, 5) is 0. The van der Waals surface area contributed by atoms with E-state index in [1.165, 1.54) is 4.31 Å². The Bertz CT molecular complexity index is 443. The smallest absolute Gasteiger partial charge is 0.214 e. The highest BCUT2D eigenvalue weighted by Gasteiger charge is 2.17. The second-order valence-corrected chi connectivity index (χ2v) is 5.83. The molecule has 0 aliphatic rings. The fraction of sp³-hybridized carbons (Fsp3) is 0.455. The maximum atomic E-state index is 11.7. The van der Waals surface area contributed by atoms with Crippen molar-refractivity contribution in [1.29, 1.82) is 0 Å². The molecule has 2 N–H and O–H groups in total. The standard InChI is InChI=1S/C11H18N2O2S/c1-3-13(16(14,15)4-2)9-10-6-5-7-11(12)8-10/h5-8H,3-4,9,12H2,1-2H3. The maximum Gasteiger partial charge on any atom is 0.214 e. The third-order valence-corrected chi connectivity index (χ3v) is 4.32. The lowest BCUT2D eigenvalue weighted by atomic mass is 10.2. The van der Waals surface area contributed by atoms with Crippen LogP contribution in [-0.4, -0.2) is 25.0 Å². The van der Waals surface area contributed by atoms with E-state index in [-0.39, 0.29) is 5.75 Å². The fourth-order valence-electron chi connectivity index (χ4n) is 1.48. The largest absolute Gasteiger partial charge is 0.399 e. The summed E-state index contributed by atoms with van der Waals surface area (Å²) in [5.41, 5.74) is 7.22. The zero-order valence-electron chi connectivity index (χ0n) is 9.68. The average molecular weight is 242 g/mol. The summed E-state index contributed by atoms with van der Waals surface area (Å²) in [5, 5.41) is 0. The molecule has 0 aliphatic carbocycles. The van der Waals surface area contributed by atoms with Gasteiger partial charge in [-0.3, -0.25) is 0 Å². The van der Waals surface area contributed by atoms with Gasteiger partial charge in [0.1, 0.15) is 0 Å². The number of sulfonamides is 1. The molecule has 0 bridgehead atoms. The highest BCUT2D eigenvalue weighted by atomic mass is 32.2. The van der Waals surface area contributed by atoms with Crippen LogP contribution >= 0.6 is 0 Å². The molecule has 0 aromatic heterocycles. The summed E-state index contributed by atoms with van der Waals surface area (Å²) in [6, 6.07) is 7.29. The van der Waals surface area contributed by atoms with E-state index in [2.05, 4.69) is 0 Å². The maximum absolute atomic E-state index is 11.7. The molecule has 0 fully saturated rings. The van der Waals surface area contributed by atoms with Gasteiger partial charge in [-0.2, -0.15) is 4.31 Å². The van der Waals surface area contributed by atoms with Crippen molar-refractivity contribution in [2.45, 2.75) is 20.4 Å². The second-order valence-electron chi connectivity index (χ2n) is 3.57. The van der Waals surface area contributed by atoms with Crippen LogP contribution in [0.25, 0.3) is 0 Å². The lowest BCUT2D eigenvalue weighted by molar-refractivity contribution is 0.424. The molecule has 0 amide bonds. The number of hydrogen-bond donors (Lipinski definition) is 1. The van der Waals surface area contributed by atoms with Gasteiger partial charge in [0.25, 0.3) is 0 Å². The number of anilines is 1. The van der Waals surface area contributed by atoms with Crippen molar-refractivity contribution in [3.05, 3.63) is 29.8 Å². The third kappa shape index (κ3) is 3.21. The molecule has 0 unspecified atom stereocenters. The highest BCUT2D eigenvalue weighted by molar-refractivity contribution is 7.89. The number of nitrogens with zero attached hydrogens (tertiary/aromatic N) is 1. The van der Waals surface area contributed by atoms with E-state index in [0.29, 0.717) is 18.8 Å². The van der Waals surface area contributed by atoms with E-state index in [1.807, 2.05) is 19.1 Å². The average Bonchev–Trinajstić information content (AvgIpc) is 2.25. The van der Waals surface area contributed by atoms with Gasteiger partial charge >= 0.3 is 0 Å². The van der Waals surface area contributed by atoms with Gasteiger partial charge in [-0.15, -0.1) is 0 Å². The van der Waals surface area contributed by atoms with E-state index in [1.54, 1.807) is 19.1 Å². The lowest BCUT2D eigenvalue weighted by Crippen LogP contribution is -2.31. The van der Waals surface area contributed by atoms with Crippen molar-refractivity contribution < 1.29 is 8.42 Å². The number of benzene rings is 1. The summed E-state index contributed by atoms with van der Waals surface area (Å²) in [5.74, 6) is 0.128. The molecule has 5 heteroatoms. The Hall–Kier alpha value is -1.07. The quantitative estimate of drug-likeness (QED) is 0.795. The molecule has 1 aromatic rings.